The van der Waals surface area contributed by atoms with E-state index >= 15 is 0 Å². The van der Waals surface area contributed by atoms with Gasteiger partial charge in [-0.3, -0.25) is 4.79 Å². The number of carbonyl (C=O) groups excluding carboxylic acids is 1. The van der Waals surface area contributed by atoms with Crippen molar-refractivity contribution in [2.24, 2.45) is 5.73 Å². The summed E-state index contributed by atoms with van der Waals surface area (Å²) >= 11 is 0. The number of hydrogen-bond donors (Lipinski definition) is 3. The van der Waals surface area contributed by atoms with Gasteiger partial charge in [-0.15, -0.1) is 0 Å². The van der Waals surface area contributed by atoms with Crippen molar-refractivity contribution in [2.45, 2.75) is 6.92 Å². The fourth-order valence-electron chi connectivity index (χ4n) is 2.37. The van der Waals surface area contributed by atoms with E-state index in [-0.39, 0.29) is 0 Å². The van der Waals surface area contributed by atoms with E-state index in [4.69, 9.17) is 10.5 Å². The van der Waals surface area contributed by atoms with Crippen LogP contribution in [0, 0.1) is 6.92 Å². The summed E-state index contributed by atoms with van der Waals surface area (Å²) in [6.07, 6.45) is 1.64. The van der Waals surface area contributed by atoms with Gasteiger partial charge in [0, 0.05) is 29.2 Å². The fourth-order valence-corrected chi connectivity index (χ4v) is 2.37. The molecular weight excluding hydrogens is 330 g/mol. The van der Waals surface area contributed by atoms with Crippen molar-refractivity contribution in [3.63, 3.8) is 0 Å². The third kappa shape index (κ3) is 4.07. The molecule has 7 heteroatoms. The van der Waals surface area contributed by atoms with Gasteiger partial charge in [0.15, 0.2) is 0 Å². The van der Waals surface area contributed by atoms with Crippen molar-refractivity contribution in [1.29, 1.82) is 0 Å². The molecule has 7 nitrogen and oxygen atoms in total. The zero-order valence-electron chi connectivity index (χ0n) is 14.5. The zero-order valence-corrected chi connectivity index (χ0v) is 14.5. The number of ether oxygens (including phenoxy) is 1. The first kappa shape index (κ1) is 17.2. The van der Waals surface area contributed by atoms with Crippen molar-refractivity contribution in [1.82, 2.24) is 9.97 Å². The Hall–Kier alpha value is -3.61. The van der Waals surface area contributed by atoms with E-state index in [9.17, 15) is 4.79 Å². The van der Waals surface area contributed by atoms with E-state index in [1.807, 2.05) is 31.2 Å². The number of methoxy groups -OCH3 is 1. The Morgan fingerprint density at radius 1 is 1.12 bits per heavy atom. The number of nitrogens with one attached hydrogen (secondary N) is 2. The maximum atomic E-state index is 11.3. The van der Waals surface area contributed by atoms with E-state index in [1.165, 1.54) is 0 Å². The molecule has 0 atom stereocenters. The fraction of sp³-hybridized carbons (Fsp3) is 0.105. The summed E-state index contributed by atoms with van der Waals surface area (Å²) in [5.74, 6) is 1.30. The second-order valence-electron chi connectivity index (χ2n) is 5.64. The molecule has 0 saturated carbocycles. The third-order valence-corrected chi connectivity index (χ3v) is 3.77. The third-order valence-electron chi connectivity index (χ3n) is 3.77. The molecule has 0 aliphatic carbocycles. The van der Waals surface area contributed by atoms with Gasteiger partial charge in [-0.1, -0.05) is 12.1 Å². The molecule has 0 radical (unpaired) electrons. The minimum Gasteiger partial charge on any atom is -0.497 e. The predicted molar refractivity (Wildman–Crippen MR) is 101 cm³/mol. The van der Waals surface area contributed by atoms with Gasteiger partial charge in [0.2, 0.25) is 11.9 Å². The smallest absolute Gasteiger partial charge is 0.248 e. The number of hydrogen-bond acceptors (Lipinski definition) is 6. The van der Waals surface area contributed by atoms with Crippen LogP contribution in [0.3, 0.4) is 0 Å². The molecule has 0 bridgehead atoms. The highest BCUT2D eigenvalue weighted by molar-refractivity contribution is 5.93. The number of aryl methyl sites for hydroxylation is 1. The number of nitrogens with two attached hydrogens (primary N) is 1. The predicted octanol–water partition coefficient (Wildman–Crippen LogP) is 3.38. The van der Waals surface area contributed by atoms with E-state index in [0.29, 0.717) is 23.0 Å². The Kier molecular flexibility index (Phi) is 4.98. The Balaban J connectivity index is 1.80. The maximum absolute atomic E-state index is 11.3. The quantitative estimate of drug-likeness (QED) is 0.630. The highest BCUT2D eigenvalue weighted by atomic mass is 16.5. The highest BCUT2D eigenvalue weighted by Crippen LogP contribution is 2.25. The van der Waals surface area contributed by atoms with Gasteiger partial charge in [0.05, 0.1) is 7.11 Å². The van der Waals surface area contributed by atoms with Gasteiger partial charge in [0.1, 0.15) is 11.6 Å². The summed E-state index contributed by atoms with van der Waals surface area (Å²) in [5.41, 5.74) is 8.35. The standard InChI is InChI=1S/C19H19N5O2/c1-12-6-7-15(26-2)11-16(12)23-17-8-9-21-19(24-17)22-14-5-3-4-13(10-14)18(20)25/h3-11H,1-2H3,(H2,20,25)(H2,21,22,23,24). The lowest BCUT2D eigenvalue weighted by Gasteiger charge is -2.12. The zero-order chi connectivity index (χ0) is 18.5. The lowest BCUT2D eigenvalue weighted by Crippen LogP contribution is -2.11. The maximum Gasteiger partial charge on any atom is 0.248 e. The molecule has 132 valence electrons. The van der Waals surface area contributed by atoms with E-state index in [2.05, 4.69) is 20.6 Å². The minimum absolute atomic E-state index is 0.400. The number of carbonyl (C=O) groups is 1. The van der Waals surface area contributed by atoms with Gasteiger partial charge in [-0.2, -0.15) is 4.98 Å². The monoisotopic (exact) mass is 349 g/mol. The SMILES string of the molecule is COc1ccc(C)c(Nc2ccnc(Nc3cccc(C(N)=O)c3)n2)c1. The Morgan fingerprint density at radius 3 is 2.73 bits per heavy atom. The number of rotatable bonds is 6. The minimum atomic E-state index is -0.488. The molecule has 3 rings (SSSR count). The normalized spacial score (nSPS) is 10.2. The van der Waals surface area contributed by atoms with Crippen LogP contribution in [0.2, 0.25) is 0 Å². The van der Waals surface area contributed by atoms with Gasteiger partial charge in [-0.25, -0.2) is 4.98 Å². The Bertz CT molecular complexity index is 943. The first-order valence-corrected chi connectivity index (χ1v) is 7.97. The molecule has 0 aliphatic heterocycles. The Labute approximate surface area is 151 Å². The highest BCUT2D eigenvalue weighted by Gasteiger charge is 2.06. The number of primary amides is 1. The summed E-state index contributed by atoms with van der Waals surface area (Å²) in [7, 11) is 1.63. The second kappa shape index (κ2) is 7.52. The summed E-state index contributed by atoms with van der Waals surface area (Å²) < 4.78 is 5.26. The first-order valence-electron chi connectivity index (χ1n) is 7.97. The van der Waals surface area contributed by atoms with Gasteiger partial charge in [-0.05, 0) is 42.8 Å². The van der Waals surface area contributed by atoms with Crippen molar-refractivity contribution in [2.75, 3.05) is 17.7 Å². The largest absolute Gasteiger partial charge is 0.497 e. The molecule has 0 spiro atoms. The molecule has 0 fully saturated rings. The number of amides is 1. The van der Waals surface area contributed by atoms with Crippen molar-refractivity contribution in [3.05, 3.63) is 65.9 Å². The van der Waals surface area contributed by atoms with Crippen LogP contribution in [-0.2, 0) is 0 Å². The van der Waals surface area contributed by atoms with Gasteiger partial charge < -0.3 is 21.1 Å². The average molecular weight is 349 g/mol. The van der Waals surface area contributed by atoms with E-state index < -0.39 is 5.91 Å². The van der Waals surface area contributed by atoms with Crippen LogP contribution in [-0.4, -0.2) is 23.0 Å². The van der Waals surface area contributed by atoms with Crippen LogP contribution in [0.1, 0.15) is 15.9 Å². The van der Waals surface area contributed by atoms with Crippen molar-refractivity contribution < 1.29 is 9.53 Å². The molecule has 3 aromatic rings. The first-order chi connectivity index (χ1) is 12.5. The molecule has 0 unspecified atom stereocenters. The molecule has 0 saturated heterocycles. The van der Waals surface area contributed by atoms with Gasteiger partial charge in [0.25, 0.3) is 0 Å². The number of nitrogens with zero attached hydrogens (tertiary/aromatic N) is 2. The van der Waals surface area contributed by atoms with Crippen molar-refractivity contribution in [3.8, 4) is 5.75 Å². The van der Waals surface area contributed by atoms with Crippen LogP contribution in [0.15, 0.2) is 54.7 Å². The van der Waals surface area contributed by atoms with Crippen molar-refractivity contribution >= 4 is 29.0 Å². The Morgan fingerprint density at radius 2 is 1.96 bits per heavy atom. The molecule has 1 heterocycles. The lowest BCUT2D eigenvalue weighted by atomic mass is 10.2. The molecule has 26 heavy (non-hydrogen) atoms. The van der Waals surface area contributed by atoms with E-state index in [0.717, 1.165) is 17.0 Å². The summed E-state index contributed by atoms with van der Waals surface area (Å²) in [5, 5.41) is 6.33. The molecular formula is C19H19N5O2. The topological polar surface area (TPSA) is 102 Å². The molecule has 2 aromatic carbocycles. The summed E-state index contributed by atoms with van der Waals surface area (Å²) in [6.45, 7) is 2.00. The molecule has 1 amide bonds. The summed E-state index contributed by atoms with van der Waals surface area (Å²) in [4.78, 5) is 19.9. The van der Waals surface area contributed by atoms with E-state index in [1.54, 1.807) is 37.6 Å². The molecule has 0 aliphatic rings. The second-order valence-corrected chi connectivity index (χ2v) is 5.64. The number of aromatic nitrogens is 2. The van der Waals surface area contributed by atoms with Crippen LogP contribution in [0.4, 0.5) is 23.1 Å². The number of anilines is 4. The lowest BCUT2D eigenvalue weighted by molar-refractivity contribution is 0.100. The van der Waals surface area contributed by atoms with Crippen LogP contribution in [0.25, 0.3) is 0 Å². The van der Waals surface area contributed by atoms with Crippen LogP contribution >= 0.6 is 0 Å². The van der Waals surface area contributed by atoms with Gasteiger partial charge >= 0.3 is 0 Å². The number of benzene rings is 2. The molecule has 1 aromatic heterocycles. The van der Waals surface area contributed by atoms with Crippen LogP contribution in [0.5, 0.6) is 5.75 Å². The average Bonchev–Trinajstić information content (AvgIpc) is 2.64. The van der Waals surface area contributed by atoms with Crippen LogP contribution < -0.4 is 21.1 Å². The summed E-state index contributed by atoms with van der Waals surface area (Å²) in [6, 6.07) is 14.4. The molecule has 4 N–H and O–H groups in total.